The molecule has 7 nitrogen and oxygen atoms in total. The number of hydrogen-bond donors (Lipinski definition) is 2. The molecular formula is C14H23N3O4S. The van der Waals surface area contributed by atoms with E-state index in [1.165, 1.54) is 13.3 Å². The van der Waals surface area contributed by atoms with Gasteiger partial charge in [0.1, 0.15) is 16.6 Å². The van der Waals surface area contributed by atoms with Gasteiger partial charge in [-0.3, -0.25) is 4.79 Å². The lowest BCUT2D eigenvalue weighted by molar-refractivity contribution is -0.120. The second-order valence-corrected chi connectivity index (χ2v) is 7.62. The lowest BCUT2D eigenvalue weighted by Crippen LogP contribution is -2.45. The van der Waals surface area contributed by atoms with Crippen LogP contribution in [0.3, 0.4) is 0 Å². The molecule has 22 heavy (non-hydrogen) atoms. The second kappa shape index (κ2) is 6.78. The molecule has 0 aromatic carbocycles. The van der Waals surface area contributed by atoms with Crippen LogP contribution in [0.4, 0.5) is 0 Å². The van der Waals surface area contributed by atoms with E-state index in [1.807, 2.05) is 0 Å². The van der Waals surface area contributed by atoms with Crippen molar-refractivity contribution < 1.29 is 17.7 Å². The predicted octanol–water partition coefficient (Wildman–Crippen LogP) is 1.39. The van der Waals surface area contributed by atoms with Crippen LogP contribution in [0.25, 0.3) is 0 Å². The quantitative estimate of drug-likeness (QED) is 0.818. The molecule has 1 aliphatic rings. The third-order valence-electron chi connectivity index (χ3n) is 4.17. The normalized spacial score (nSPS) is 18.3. The van der Waals surface area contributed by atoms with Gasteiger partial charge in [0.05, 0.1) is 0 Å². The fourth-order valence-corrected chi connectivity index (χ4v) is 4.63. The van der Waals surface area contributed by atoms with Crippen molar-refractivity contribution in [3.05, 3.63) is 11.5 Å². The zero-order valence-corrected chi connectivity index (χ0v) is 13.8. The smallest absolute Gasteiger partial charge is 0.246 e. The Morgan fingerprint density at radius 1 is 1.36 bits per heavy atom. The summed E-state index contributed by atoms with van der Waals surface area (Å²) >= 11 is 0. The van der Waals surface area contributed by atoms with Crippen molar-refractivity contribution in [3.8, 4) is 0 Å². The zero-order valence-electron chi connectivity index (χ0n) is 13.0. The maximum absolute atomic E-state index is 12.5. The van der Waals surface area contributed by atoms with Gasteiger partial charge in [0.25, 0.3) is 0 Å². The van der Waals surface area contributed by atoms with Crippen LogP contribution in [-0.4, -0.2) is 25.5 Å². The van der Waals surface area contributed by atoms with E-state index in [0.717, 1.165) is 25.7 Å². The van der Waals surface area contributed by atoms with Crippen molar-refractivity contribution in [3.63, 3.8) is 0 Å². The average Bonchev–Trinajstić information content (AvgIpc) is 2.79. The Morgan fingerprint density at radius 3 is 2.50 bits per heavy atom. The summed E-state index contributed by atoms with van der Waals surface area (Å²) in [6, 6.07) is -0.901. The highest BCUT2D eigenvalue weighted by Crippen LogP contribution is 2.28. The maximum atomic E-state index is 12.5. The summed E-state index contributed by atoms with van der Waals surface area (Å²) in [5.41, 5.74) is 5.65. The van der Waals surface area contributed by atoms with Crippen LogP contribution in [0.5, 0.6) is 0 Å². The monoisotopic (exact) mass is 329 g/mol. The lowest BCUT2D eigenvalue weighted by atomic mass is 9.85. The van der Waals surface area contributed by atoms with E-state index >= 15 is 0 Å². The number of primary amides is 1. The molecule has 1 aromatic heterocycles. The summed E-state index contributed by atoms with van der Waals surface area (Å²) in [4.78, 5) is 11.6. The van der Waals surface area contributed by atoms with Crippen LogP contribution in [0, 0.1) is 19.8 Å². The summed E-state index contributed by atoms with van der Waals surface area (Å²) in [6.07, 6.45) is 5.90. The van der Waals surface area contributed by atoms with Gasteiger partial charge in [0.15, 0.2) is 5.76 Å². The molecular weight excluding hydrogens is 306 g/mol. The Balaban J connectivity index is 2.14. The Kier molecular flexibility index (Phi) is 5.23. The van der Waals surface area contributed by atoms with Crippen LogP contribution in [-0.2, 0) is 14.8 Å². The highest BCUT2D eigenvalue weighted by atomic mass is 32.2. The van der Waals surface area contributed by atoms with E-state index in [4.69, 9.17) is 10.3 Å². The van der Waals surface area contributed by atoms with Crippen molar-refractivity contribution in [1.82, 2.24) is 9.88 Å². The first-order valence-corrected chi connectivity index (χ1v) is 9.04. The van der Waals surface area contributed by atoms with Gasteiger partial charge >= 0.3 is 0 Å². The molecule has 0 aliphatic heterocycles. The minimum absolute atomic E-state index is 0.0117. The van der Waals surface area contributed by atoms with Gasteiger partial charge in [-0.25, -0.2) is 8.42 Å². The fraction of sp³-hybridized carbons (Fsp3) is 0.714. The third kappa shape index (κ3) is 3.86. The summed E-state index contributed by atoms with van der Waals surface area (Å²) < 4.78 is 32.3. The van der Waals surface area contributed by atoms with Crippen molar-refractivity contribution in [1.29, 1.82) is 0 Å². The number of aromatic nitrogens is 1. The van der Waals surface area contributed by atoms with E-state index < -0.39 is 22.0 Å². The first-order valence-electron chi connectivity index (χ1n) is 7.56. The van der Waals surface area contributed by atoms with Crippen LogP contribution in [0.1, 0.15) is 50.0 Å². The van der Waals surface area contributed by atoms with Gasteiger partial charge in [-0.05, 0) is 26.2 Å². The molecule has 2 rings (SSSR count). The lowest BCUT2D eigenvalue weighted by Gasteiger charge is -2.25. The highest BCUT2D eigenvalue weighted by molar-refractivity contribution is 7.89. The number of aryl methyl sites for hydroxylation is 2. The Bertz CT molecular complexity index is 613. The standard InChI is InChI=1S/C14H23N3O4S/c1-9-13(10(2)21-16-9)22(19,20)17-12(14(15)18)8-11-6-4-3-5-7-11/h11-12,17H,3-8H2,1-2H3,(H2,15,18)/t12-/m0/s1. The Hall–Kier alpha value is -1.41. The molecule has 1 aliphatic carbocycles. The molecule has 8 heteroatoms. The number of nitrogens with zero attached hydrogens (tertiary/aromatic N) is 1. The number of carbonyl (C=O) groups is 1. The number of hydrogen-bond acceptors (Lipinski definition) is 5. The highest BCUT2D eigenvalue weighted by Gasteiger charge is 2.31. The van der Waals surface area contributed by atoms with Crippen LogP contribution < -0.4 is 10.5 Å². The number of sulfonamides is 1. The summed E-state index contributed by atoms with van der Waals surface area (Å²) in [5, 5.41) is 3.64. The molecule has 1 saturated carbocycles. The average molecular weight is 329 g/mol. The minimum atomic E-state index is -3.88. The van der Waals surface area contributed by atoms with Crippen molar-refractivity contribution in [2.24, 2.45) is 11.7 Å². The van der Waals surface area contributed by atoms with Gasteiger partial charge in [-0.1, -0.05) is 37.3 Å². The number of rotatable bonds is 6. The van der Waals surface area contributed by atoms with Crippen LogP contribution in [0.2, 0.25) is 0 Å². The molecule has 3 N–H and O–H groups in total. The van der Waals surface area contributed by atoms with E-state index in [2.05, 4.69) is 9.88 Å². The molecule has 1 atom stereocenters. The molecule has 0 unspecified atom stereocenters. The summed E-state index contributed by atoms with van der Waals surface area (Å²) in [7, 11) is -3.88. The van der Waals surface area contributed by atoms with Gasteiger partial charge in [0.2, 0.25) is 15.9 Å². The number of carbonyl (C=O) groups excluding carboxylic acids is 1. The molecule has 0 saturated heterocycles. The largest absolute Gasteiger partial charge is 0.368 e. The van der Waals surface area contributed by atoms with E-state index in [-0.39, 0.29) is 16.3 Å². The summed E-state index contributed by atoms with van der Waals surface area (Å²) in [6.45, 7) is 3.07. The van der Waals surface area contributed by atoms with Gasteiger partial charge in [-0.2, -0.15) is 4.72 Å². The first-order chi connectivity index (χ1) is 10.3. The molecule has 0 spiro atoms. The van der Waals surface area contributed by atoms with Gasteiger partial charge in [0, 0.05) is 0 Å². The SMILES string of the molecule is Cc1noc(C)c1S(=O)(=O)N[C@@H](CC1CCCCC1)C(N)=O. The number of amides is 1. The van der Waals surface area contributed by atoms with E-state index in [1.54, 1.807) is 6.92 Å². The molecule has 1 amide bonds. The maximum Gasteiger partial charge on any atom is 0.246 e. The predicted molar refractivity (Wildman–Crippen MR) is 80.5 cm³/mol. The molecule has 0 bridgehead atoms. The Labute approximate surface area is 130 Å². The molecule has 124 valence electrons. The van der Waals surface area contributed by atoms with Gasteiger partial charge < -0.3 is 10.3 Å². The van der Waals surface area contributed by atoms with Crippen molar-refractivity contribution >= 4 is 15.9 Å². The van der Waals surface area contributed by atoms with E-state index in [9.17, 15) is 13.2 Å². The second-order valence-electron chi connectivity index (χ2n) is 5.97. The number of nitrogens with one attached hydrogen (secondary N) is 1. The number of nitrogens with two attached hydrogens (primary N) is 1. The molecule has 1 aromatic rings. The zero-order chi connectivity index (χ0) is 16.3. The Morgan fingerprint density at radius 2 is 2.00 bits per heavy atom. The molecule has 1 fully saturated rings. The van der Waals surface area contributed by atoms with Crippen molar-refractivity contribution in [2.75, 3.05) is 0 Å². The van der Waals surface area contributed by atoms with Crippen LogP contribution in [0.15, 0.2) is 9.42 Å². The van der Waals surface area contributed by atoms with E-state index in [0.29, 0.717) is 12.3 Å². The third-order valence-corrected chi connectivity index (χ3v) is 5.89. The first kappa shape index (κ1) is 17.0. The van der Waals surface area contributed by atoms with Crippen LogP contribution >= 0.6 is 0 Å². The fourth-order valence-electron chi connectivity index (χ4n) is 3.08. The topological polar surface area (TPSA) is 115 Å². The van der Waals surface area contributed by atoms with Gasteiger partial charge in [-0.15, -0.1) is 0 Å². The van der Waals surface area contributed by atoms with Crippen molar-refractivity contribution in [2.45, 2.75) is 63.3 Å². The molecule has 0 radical (unpaired) electrons. The minimum Gasteiger partial charge on any atom is -0.368 e. The summed E-state index contributed by atoms with van der Waals surface area (Å²) in [5.74, 6) is -0.120. The molecule has 1 heterocycles.